The second-order valence-corrected chi connectivity index (χ2v) is 3.17. The summed E-state index contributed by atoms with van der Waals surface area (Å²) in [6.45, 7) is 1.82. The first-order valence-corrected chi connectivity index (χ1v) is 4.98. The molecule has 1 aromatic rings. The van der Waals surface area contributed by atoms with Crippen LogP contribution in [0.4, 0.5) is 24.7 Å². The van der Waals surface area contributed by atoms with Crippen molar-refractivity contribution in [1.29, 1.82) is 0 Å². The molecule has 0 aliphatic rings. The minimum Gasteiger partial charge on any atom is -0.476 e. The molecule has 5 nitrogen and oxygen atoms in total. The maximum Gasteiger partial charge on any atom is 0.390 e. The van der Waals surface area contributed by atoms with Crippen LogP contribution in [0.5, 0.6) is 5.88 Å². The molecule has 0 aromatic carbocycles. The van der Waals surface area contributed by atoms with Gasteiger partial charge >= 0.3 is 6.18 Å². The van der Waals surface area contributed by atoms with E-state index in [9.17, 15) is 13.2 Å². The van der Waals surface area contributed by atoms with Crippen molar-refractivity contribution in [2.24, 2.45) is 0 Å². The topological polar surface area (TPSA) is 73.1 Å². The minimum atomic E-state index is -4.21. The van der Waals surface area contributed by atoms with Crippen LogP contribution in [-0.4, -0.2) is 29.3 Å². The van der Waals surface area contributed by atoms with E-state index in [0.29, 0.717) is 6.61 Å². The highest BCUT2D eigenvalue weighted by Gasteiger charge is 2.26. The van der Waals surface area contributed by atoms with Crippen molar-refractivity contribution in [1.82, 2.24) is 9.97 Å². The molecule has 0 fully saturated rings. The molecule has 3 N–H and O–H groups in total. The van der Waals surface area contributed by atoms with Crippen molar-refractivity contribution >= 4 is 11.5 Å². The summed E-state index contributed by atoms with van der Waals surface area (Å²) in [5.74, 6) is 0.310. The van der Waals surface area contributed by atoms with Gasteiger partial charge in [0.15, 0.2) is 5.82 Å². The van der Waals surface area contributed by atoms with Gasteiger partial charge in [-0.1, -0.05) is 0 Å². The van der Waals surface area contributed by atoms with E-state index in [1.165, 1.54) is 6.33 Å². The average Bonchev–Trinajstić information content (AvgIpc) is 2.22. The summed E-state index contributed by atoms with van der Waals surface area (Å²) in [7, 11) is 0. The van der Waals surface area contributed by atoms with Crippen LogP contribution in [0.15, 0.2) is 6.33 Å². The van der Waals surface area contributed by atoms with Crippen LogP contribution in [-0.2, 0) is 0 Å². The number of alkyl halides is 3. The number of rotatable bonds is 5. The van der Waals surface area contributed by atoms with Crippen LogP contribution in [0, 0.1) is 0 Å². The normalized spacial score (nSPS) is 11.3. The number of halogens is 3. The third kappa shape index (κ3) is 4.33. The number of hydrogen-bond donors (Lipinski definition) is 2. The van der Waals surface area contributed by atoms with E-state index < -0.39 is 12.6 Å². The molecule has 0 aliphatic heterocycles. The Hall–Kier alpha value is -1.73. The first-order valence-electron chi connectivity index (χ1n) is 4.98. The van der Waals surface area contributed by atoms with Crippen molar-refractivity contribution in [3.8, 4) is 5.88 Å². The SMILES string of the molecule is CCOc1ncnc(NCCC(F)(F)F)c1N. The first-order chi connectivity index (χ1) is 7.94. The Morgan fingerprint density at radius 3 is 2.71 bits per heavy atom. The lowest BCUT2D eigenvalue weighted by Crippen LogP contribution is -2.16. The van der Waals surface area contributed by atoms with E-state index in [2.05, 4.69) is 15.3 Å². The fourth-order valence-corrected chi connectivity index (χ4v) is 1.09. The quantitative estimate of drug-likeness (QED) is 0.833. The summed E-state index contributed by atoms with van der Waals surface area (Å²) in [4.78, 5) is 7.51. The van der Waals surface area contributed by atoms with E-state index in [-0.39, 0.29) is 23.9 Å². The first kappa shape index (κ1) is 13.3. The number of ether oxygens (including phenoxy) is 1. The van der Waals surface area contributed by atoms with Crippen molar-refractivity contribution in [3.63, 3.8) is 0 Å². The molecule has 0 aliphatic carbocycles. The molecule has 0 unspecified atom stereocenters. The monoisotopic (exact) mass is 250 g/mol. The molecule has 0 atom stereocenters. The molecule has 17 heavy (non-hydrogen) atoms. The van der Waals surface area contributed by atoms with Crippen LogP contribution < -0.4 is 15.8 Å². The molecule has 1 heterocycles. The van der Waals surface area contributed by atoms with Gasteiger partial charge in [-0.3, -0.25) is 0 Å². The van der Waals surface area contributed by atoms with Crippen molar-refractivity contribution in [2.45, 2.75) is 19.5 Å². The average molecular weight is 250 g/mol. The zero-order valence-electron chi connectivity index (χ0n) is 9.21. The second-order valence-electron chi connectivity index (χ2n) is 3.17. The Balaban J connectivity index is 2.62. The van der Waals surface area contributed by atoms with Crippen molar-refractivity contribution < 1.29 is 17.9 Å². The number of nitrogen functional groups attached to an aromatic ring is 1. The fraction of sp³-hybridized carbons (Fsp3) is 0.556. The maximum absolute atomic E-state index is 11.9. The molecular weight excluding hydrogens is 237 g/mol. The highest BCUT2D eigenvalue weighted by Crippen LogP contribution is 2.25. The molecule has 0 bridgehead atoms. The molecule has 8 heteroatoms. The number of nitrogens with zero attached hydrogens (tertiary/aromatic N) is 2. The van der Waals surface area contributed by atoms with Crippen LogP contribution in [0.1, 0.15) is 13.3 Å². The number of nitrogens with two attached hydrogens (primary N) is 1. The summed E-state index contributed by atoms with van der Waals surface area (Å²) in [5, 5.41) is 2.49. The van der Waals surface area contributed by atoms with Gasteiger partial charge in [0.2, 0.25) is 5.88 Å². The van der Waals surface area contributed by atoms with Gasteiger partial charge in [-0.25, -0.2) is 4.98 Å². The highest BCUT2D eigenvalue weighted by atomic mass is 19.4. The van der Waals surface area contributed by atoms with Crippen molar-refractivity contribution in [3.05, 3.63) is 6.33 Å². The Labute approximate surface area is 96.2 Å². The lowest BCUT2D eigenvalue weighted by atomic mass is 10.4. The van der Waals surface area contributed by atoms with E-state index >= 15 is 0 Å². The molecule has 1 rings (SSSR count). The van der Waals surface area contributed by atoms with Crippen LogP contribution >= 0.6 is 0 Å². The van der Waals surface area contributed by atoms with E-state index in [1.807, 2.05) is 0 Å². The highest BCUT2D eigenvalue weighted by molar-refractivity contribution is 5.66. The molecule has 0 radical (unpaired) electrons. The molecule has 0 saturated heterocycles. The number of aromatic nitrogens is 2. The van der Waals surface area contributed by atoms with E-state index in [0.717, 1.165) is 0 Å². The zero-order chi connectivity index (χ0) is 12.9. The lowest BCUT2D eigenvalue weighted by molar-refractivity contribution is -0.131. The molecule has 0 amide bonds. The smallest absolute Gasteiger partial charge is 0.390 e. The largest absolute Gasteiger partial charge is 0.476 e. The van der Waals surface area contributed by atoms with Crippen LogP contribution in [0.2, 0.25) is 0 Å². The van der Waals surface area contributed by atoms with Gasteiger partial charge in [0.25, 0.3) is 0 Å². The predicted molar refractivity (Wildman–Crippen MR) is 56.8 cm³/mol. The van der Waals surface area contributed by atoms with E-state index in [4.69, 9.17) is 10.5 Å². The van der Waals surface area contributed by atoms with Crippen molar-refractivity contribution in [2.75, 3.05) is 24.2 Å². The second kappa shape index (κ2) is 5.55. The third-order valence-electron chi connectivity index (χ3n) is 1.83. The van der Waals surface area contributed by atoms with Gasteiger partial charge in [-0.05, 0) is 6.92 Å². The minimum absolute atomic E-state index is 0.108. The molecule has 96 valence electrons. The molecular formula is C9H13F3N4O. The van der Waals surface area contributed by atoms with Gasteiger partial charge < -0.3 is 15.8 Å². The molecule has 0 spiro atoms. The standard InChI is InChI=1S/C9H13F3N4O/c1-2-17-8-6(13)7(15-5-16-8)14-4-3-9(10,11)12/h5H,2-4,13H2,1H3,(H,14,15,16). The Morgan fingerprint density at radius 1 is 1.41 bits per heavy atom. The van der Waals surface area contributed by atoms with Gasteiger partial charge in [-0.15, -0.1) is 0 Å². The summed E-state index contributed by atoms with van der Waals surface area (Å²) in [6.07, 6.45) is -3.99. The van der Waals surface area contributed by atoms with Gasteiger partial charge in [0, 0.05) is 6.54 Å². The zero-order valence-corrected chi connectivity index (χ0v) is 9.21. The Kier molecular flexibility index (Phi) is 4.36. The summed E-state index contributed by atoms with van der Waals surface area (Å²) in [5.41, 5.74) is 5.73. The van der Waals surface area contributed by atoms with Gasteiger partial charge in [-0.2, -0.15) is 18.2 Å². The van der Waals surface area contributed by atoms with E-state index in [1.54, 1.807) is 6.92 Å². The fourth-order valence-electron chi connectivity index (χ4n) is 1.09. The maximum atomic E-state index is 11.9. The number of hydrogen-bond acceptors (Lipinski definition) is 5. The summed E-state index contributed by atoms with van der Waals surface area (Å²) < 4.78 is 40.9. The Morgan fingerprint density at radius 2 is 2.12 bits per heavy atom. The third-order valence-corrected chi connectivity index (χ3v) is 1.83. The van der Waals surface area contributed by atoms with Crippen LogP contribution in [0.25, 0.3) is 0 Å². The summed E-state index contributed by atoms with van der Waals surface area (Å²) >= 11 is 0. The van der Waals surface area contributed by atoms with Gasteiger partial charge in [0.05, 0.1) is 13.0 Å². The molecule has 0 saturated carbocycles. The molecule has 1 aromatic heterocycles. The number of nitrogens with one attached hydrogen (secondary N) is 1. The lowest BCUT2D eigenvalue weighted by Gasteiger charge is -2.11. The summed E-state index contributed by atoms with van der Waals surface area (Å²) in [6, 6.07) is 0. The Bertz CT molecular complexity index is 370. The predicted octanol–water partition coefficient (Wildman–Crippen LogP) is 1.82. The van der Waals surface area contributed by atoms with Crippen LogP contribution in [0.3, 0.4) is 0 Å². The van der Waals surface area contributed by atoms with Gasteiger partial charge in [0.1, 0.15) is 12.0 Å². The number of anilines is 2.